The number of allylic oxidation sites excluding steroid dienone is 1. The first-order valence-electron chi connectivity index (χ1n) is 11.9. The number of rotatable bonds is 9. The largest absolute Gasteiger partial charge is 0.456 e. The minimum atomic E-state index is -3.24. The Morgan fingerprint density at radius 2 is 2.03 bits per heavy atom. The number of amides is 1. The fourth-order valence-electron chi connectivity index (χ4n) is 4.29. The Morgan fingerprint density at radius 3 is 2.65 bits per heavy atom. The lowest BCUT2D eigenvalue weighted by atomic mass is 9.87. The lowest BCUT2D eigenvalue weighted by molar-refractivity contribution is -0.171. The number of ether oxygens (including phenoxy) is 3. The zero-order valence-corrected chi connectivity index (χ0v) is 22.1. The normalized spacial score (nSPS) is 25.0. The highest BCUT2D eigenvalue weighted by atomic mass is 32.2. The molecule has 0 radical (unpaired) electrons. The van der Waals surface area contributed by atoms with Gasteiger partial charge in [0, 0.05) is 37.2 Å². The van der Waals surface area contributed by atoms with Gasteiger partial charge in [-0.05, 0) is 46.6 Å². The van der Waals surface area contributed by atoms with E-state index in [4.69, 9.17) is 14.2 Å². The Balaban J connectivity index is 1.60. The molecule has 1 amide bonds. The van der Waals surface area contributed by atoms with E-state index >= 15 is 0 Å². The molecular weight excluding hydrogens is 460 g/mol. The predicted molar refractivity (Wildman–Crippen MR) is 130 cm³/mol. The predicted octanol–water partition coefficient (Wildman–Crippen LogP) is 1.69. The van der Waals surface area contributed by atoms with E-state index in [9.17, 15) is 13.2 Å². The van der Waals surface area contributed by atoms with Crippen molar-refractivity contribution in [2.75, 3.05) is 46.3 Å². The van der Waals surface area contributed by atoms with Gasteiger partial charge in [-0.1, -0.05) is 13.8 Å². The molecule has 3 heterocycles. The molecule has 0 aromatic heterocycles. The number of nitrogens with one attached hydrogen (secondary N) is 1. The zero-order chi connectivity index (χ0) is 25.1. The number of likely N-dealkylation sites (N-methyl/N-ethyl adjacent to an activating group) is 1. The van der Waals surface area contributed by atoms with Crippen LogP contribution in [0.5, 0.6) is 0 Å². The highest BCUT2D eigenvalue weighted by Crippen LogP contribution is 2.27. The lowest BCUT2D eigenvalue weighted by Gasteiger charge is -2.38. The summed E-state index contributed by atoms with van der Waals surface area (Å²) in [5, 5.41) is 2.89. The summed E-state index contributed by atoms with van der Waals surface area (Å²) in [4.78, 5) is 19.6. The Labute approximate surface area is 203 Å². The van der Waals surface area contributed by atoms with Gasteiger partial charge in [0.05, 0.1) is 24.1 Å². The Kier molecular flexibility index (Phi) is 8.45. The number of nitrogens with zero attached hydrogens (tertiary/aromatic N) is 3. The van der Waals surface area contributed by atoms with Crippen LogP contribution < -0.4 is 5.32 Å². The Morgan fingerprint density at radius 1 is 1.29 bits per heavy atom. The van der Waals surface area contributed by atoms with E-state index in [-0.39, 0.29) is 30.4 Å². The van der Waals surface area contributed by atoms with Gasteiger partial charge in [0.15, 0.2) is 18.9 Å². The van der Waals surface area contributed by atoms with Crippen molar-refractivity contribution in [3.63, 3.8) is 0 Å². The second kappa shape index (κ2) is 10.6. The van der Waals surface area contributed by atoms with Gasteiger partial charge in [-0.15, -0.1) is 0 Å². The van der Waals surface area contributed by atoms with Crippen molar-refractivity contribution < 1.29 is 27.4 Å². The van der Waals surface area contributed by atoms with E-state index in [1.165, 1.54) is 10.6 Å². The maximum Gasteiger partial charge on any atom is 0.246 e. The summed E-state index contributed by atoms with van der Waals surface area (Å²) in [6.45, 7) is 9.87. The lowest BCUT2D eigenvalue weighted by Crippen LogP contribution is -2.57. The van der Waals surface area contributed by atoms with Gasteiger partial charge in [0.25, 0.3) is 0 Å². The van der Waals surface area contributed by atoms with E-state index < -0.39 is 15.6 Å². The number of carbonyl (C=O) groups excluding carboxylic acids is 1. The van der Waals surface area contributed by atoms with Crippen LogP contribution in [0.15, 0.2) is 17.0 Å². The molecule has 2 saturated heterocycles. The van der Waals surface area contributed by atoms with Crippen LogP contribution in [-0.2, 0) is 29.0 Å². The zero-order valence-electron chi connectivity index (χ0n) is 21.3. The average molecular weight is 501 g/mol. The summed E-state index contributed by atoms with van der Waals surface area (Å²) in [5.74, 6) is 0.118. The third kappa shape index (κ3) is 6.57. The Hall–Kier alpha value is -1.53. The molecule has 194 valence electrons. The molecule has 3 aliphatic rings. The number of carbonyl (C=O) groups is 1. The molecule has 2 atom stereocenters. The first-order chi connectivity index (χ1) is 15.8. The second-order valence-corrected chi connectivity index (χ2v) is 12.5. The number of aliphatic imine (C=N–C) groups is 1. The SMILES string of the molecule is CN(C1CCN(S(C)(=O)=O)C1)C(C)(C)C(=O)NC1=CC(C(C)(C)COC2CCCCO2)=NCO1. The molecule has 0 spiro atoms. The molecular formula is C23H40N4O6S. The fourth-order valence-corrected chi connectivity index (χ4v) is 5.17. The van der Waals surface area contributed by atoms with E-state index in [1.54, 1.807) is 6.08 Å². The minimum Gasteiger partial charge on any atom is -0.456 e. The van der Waals surface area contributed by atoms with Gasteiger partial charge < -0.3 is 14.2 Å². The van der Waals surface area contributed by atoms with Crippen molar-refractivity contribution in [3.05, 3.63) is 12.0 Å². The van der Waals surface area contributed by atoms with Gasteiger partial charge in [-0.2, -0.15) is 0 Å². The molecule has 34 heavy (non-hydrogen) atoms. The van der Waals surface area contributed by atoms with E-state index in [0.717, 1.165) is 31.6 Å². The van der Waals surface area contributed by atoms with Crippen LogP contribution >= 0.6 is 0 Å². The van der Waals surface area contributed by atoms with Crippen LogP contribution in [0, 0.1) is 5.41 Å². The highest BCUT2D eigenvalue weighted by Gasteiger charge is 2.41. The van der Waals surface area contributed by atoms with Crippen molar-refractivity contribution >= 4 is 21.6 Å². The summed E-state index contributed by atoms with van der Waals surface area (Å²) in [5.41, 5.74) is -0.476. The molecule has 2 fully saturated rings. The maximum absolute atomic E-state index is 13.2. The van der Waals surface area contributed by atoms with Gasteiger partial charge >= 0.3 is 0 Å². The van der Waals surface area contributed by atoms with Gasteiger partial charge in [0.1, 0.15) is 0 Å². The van der Waals surface area contributed by atoms with Crippen LogP contribution in [0.3, 0.4) is 0 Å². The van der Waals surface area contributed by atoms with Crippen LogP contribution in [0.1, 0.15) is 53.4 Å². The number of sulfonamides is 1. The average Bonchev–Trinajstić information content (AvgIpc) is 3.29. The summed E-state index contributed by atoms with van der Waals surface area (Å²) in [6, 6.07) is -0.0491. The summed E-state index contributed by atoms with van der Waals surface area (Å²) >= 11 is 0. The van der Waals surface area contributed by atoms with Gasteiger partial charge in [0.2, 0.25) is 15.9 Å². The van der Waals surface area contributed by atoms with Crippen LogP contribution in [0.4, 0.5) is 0 Å². The summed E-state index contributed by atoms with van der Waals surface area (Å²) in [6.07, 6.45) is 6.54. The molecule has 0 aromatic rings. The first-order valence-corrected chi connectivity index (χ1v) is 13.8. The molecule has 1 N–H and O–H groups in total. The molecule has 0 bridgehead atoms. The third-order valence-corrected chi connectivity index (χ3v) is 8.27. The molecule has 0 saturated carbocycles. The fraction of sp³-hybridized carbons (Fsp3) is 0.826. The van der Waals surface area contributed by atoms with Crippen molar-refractivity contribution in [1.82, 2.24) is 14.5 Å². The molecule has 0 aliphatic carbocycles. The van der Waals surface area contributed by atoms with Crippen molar-refractivity contribution in [2.45, 2.75) is 71.2 Å². The van der Waals surface area contributed by atoms with E-state index in [2.05, 4.69) is 10.3 Å². The van der Waals surface area contributed by atoms with E-state index in [1.807, 2.05) is 39.6 Å². The van der Waals surface area contributed by atoms with Crippen molar-refractivity contribution in [3.8, 4) is 0 Å². The second-order valence-electron chi connectivity index (χ2n) is 10.5. The van der Waals surface area contributed by atoms with Crippen LogP contribution in [0.25, 0.3) is 0 Å². The summed E-state index contributed by atoms with van der Waals surface area (Å²) < 4.78 is 42.4. The standard InChI is InChI=1S/C23H40N4O6S/c1-22(2,15-32-20-9-7-8-12-31-20)18-13-19(33-16-24-18)25-21(28)23(3,4)26(5)17-10-11-27(14-17)34(6,29)30/h13,17,20H,7-12,14-16H2,1-6H3,(H,25,28). The monoisotopic (exact) mass is 500 g/mol. The quantitative estimate of drug-likeness (QED) is 0.513. The van der Waals surface area contributed by atoms with Gasteiger partial charge in [-0.25, -0.2) is 17.7 Å². The third-order valence-electron chi connectivity index (χ3n) is 7.00. The molecule has 3 rings (SSSR count). The Bertz CT molecular complexity index is 908. The van der Waals surface area contributed by atoms with Crippen molar-refractivity contribution in [2.24, 2.45) is 10.4 Å². The van der Waals surface area contributed by atoms with E-state index in [0.29, 0.717) is 32.0 Å². The van der Waals surface area contributed by atoms with Crippen LogP contribution in [-0.4, -0.2) is 93.5 Å². The first kappa shape index (κ1) is 27.1. The smallest absolute Gasteiger partial charge is 0.246 e. The number of hydrogen-bond donors (Lipinski definition) is 1. The maximum atomic E-state index is 13.2. The van der Waals surface area contributed by atoms with Gasteiger partial charge in [-0.3, -0.25) is 15.0 Å². The minimum absolute atomic E-state index is 0.0491. The topological polar surface area (TPSA) is 110 Å². The number of hydrogen-bond acceptors (Lipinski definition) is 8. The van der Waals surface area contributed by atoms with Crippen molar-refractivity contribution in [1.29, 1.82) is 0 Å². The molecule has 0 aromatic carbocycles. The van der Waals surface area contributed by atoms with Crippen LogP contribution in [0.2, 0.25) is 0 Å². The molecule has 10 nitrogen and oxygen atoms in total. The molecule has 11 heteroatoms. The summed E-state index contributed by atoms with van der Waals surface area (Å²) in [7, 11) is -1.39. The molecule has 2 unspecified atom stereocenters. The highest BCUT2D eigenvalue weighted by molar-refractivity contribution is 7.88. The molecule has 3 aliphatic heterocycles.